The van der Waals surface area contributed by atoms with Crippen LogP contribution in [0.2, 0.25) is 0 Å². The minimum absolute atomic E-state index is 0.0930. The Bertz CT molecular complexity index is 923. The minimum Gasteiger partial charge on any atom is -0.481 e. The minimum atomic E-state index is -4.87. The molecule has 0 saturated heterocycles. The summed E-state index contributed by atoms with van der Waals surface area (Å²) in [7, 11) is 0. The predicted octanol–water partition coefficient (Wildman–Crippen LogP) is 5.23. The highest BCUT2D eigenvalue weighted by Crippen LogP contribution is 2.38. The van der Waals surface area contributed by atoms with Gasteiger partial charge in [-0.3, -0.25) is 9.59 Å². The number of anilines is 1. The first-order valence-electron chi connectivity index (χ1n) is 9.47. The first-order chi connectivity index (χ1) is 14.1. The molecule has 1 aliphatic rings. The van der Waals surface area contributed by atoms with Gasteiger partial charge in [-0.15, -0.1) is 11.3 Å². The standard InChI is InChI=1S/C20H20F4N2O3S/c21-16-6-5-12(8-15(16)20(22,23)24)14(7-11-3-1-2-4-11)18(29)26-19-25-13(10-30-19)9-17(27)28/h5-6,8,10-11,14H,1-4,7,9H2,(H,27,28)(H,25,26,29). The van der Waals surface area contributed by atoms with E-state index >= 15 is 0 Å². The number of aromatic nitrogens is 1. The largest absolute Gasteiger partial charge is 0.481 e. The van der Waals surface area contributed by atoms with Crippen molar-refractivity contribution in [3.63, 3.8) is 0 Å². The molecule has 1 fully saturated rings. The number of nitrogens with one attached hydrogen (secondary N) is 1. The molecule has 0 bridgehead atoms. The summed E-state index contributed by atoms with van der Waals surface area (Å²) < 4.78 is 53.2. The molecule has 30 heavy (non-hydrogen) atoms. The zero-order chi connectivity index (χ0) is 21.9. The molecule has 5 nitrogen and oxygen atoms in total. The number of halogens is 4. The second kappa shape index (κ2) is 9.11. The molecule has 1 amide bonds. The molecule has 0 spiro atoms. The Labute approximate surface area is 174 Å². The van der Waals surface area contributed by atoms with Crippen LogP contribution in [0, 0.1) is 11.7 Å². The van der Waals surface area contributed by atoms with E-state index in [-0.39, 0.29) is 28.7 Å². The fourth-order valence-corrected chi connectivity index (χ4v) is 4.46. The van der Waals surface area contributed by atoms with E-state index in [2.05, 4.69) is 10.3 Å². The molecule has 0 aliphatic heterocycles. The number of nitrogens with zero attached hydrogens (tertiary/aromatic N) is 1. The molecule has 2 aromatic rings. The lowest BCUT2D eigenvalue weighted by Crippen LogP contribution is -2.24. The van der Waals surface area contributed by atoms with Crippen LogP contribution in [0.1, 0.15) is 54.8 Å². The van der Waals surface area contributed by atoms with E-state index in [4.69, 9.17) is 5.11 Å². The Morgan fingerprint density at radius 2 is 1.97 bits per heavy atom. The first-order valence-corrected chi connectivity index (χ1v) is 10.3. The molecule has 1 aliphatic carbocycles. The van der Waals surface area contributed by atoms with E-state index in [0.717, 1.165) is 43.1 Å². The van der Waals surface area contributed by atoms with Gasteiger partial charge in [0.2, 0.25) is 5.91 Å². The van der Waals surface area contributed by atoms with Gasteiger partial charge in [0, 0.05) is 5.38 Å². The number of benzene rings is 1. The van der Waals surface area contributed by atoms with Crippen molar-refractivity contribution in [1.29, 1.82) is 0 Å². The van der Waals surface area contributed by atoms with Crippen molar-refractivity contribution in [2.75, 3.05) is 5.32 Å². The van der Waals surface area contributed by atoms with Gasteiger partial charge in [-0.25, -0.2) is 9.37 Å². The van der Waals surface area contributed by atoms with Gasteiger partial charge in [0.1, 0.15) is 5.82 Å². The number of hydrogen-bond acceptors (Lipinski definition) is 4. The van der Waals surface area contributed by atoms with E-state index in [1.807, 2.05) is 0 Å². The van der Waals surface area contributed by atoms with Crippen LogP contribution in [0.15, 0.2) is 23.6 Å². The maximum atomic E-state index is 13.7. The maximum Gasteiger partial charge on any atom is 0.419 e. The van der Waals surface area contributed by atoms with E-state index in [1.54, 1.807) is 0 Å². The number of carbonyl (C=O) groups is 2. The number of carboxylic acids is 1. The monoisotopic (exact) mass is 444 g/mol. The number of thiazole rings is 1. The summed E-state index contributed by atoms with van der Waals surface area (Å²) >= 11 is 1.04. The van der Waals surface area contributed by atoms with Crippen LogP contribution < -0.4 is 5.32 Å². The highest BCUT2D eigenvalue weighted by atomic mass is 32.1. The zero-order valence-corrected chi connectivity index (χ0v) is 16.7. The first kappa shape index (κ1) is 22.2. The summed E-state index contributed by atoms with van der Waals surface area (Å²) in [6.07, 6.45) is -1.04. The summed E-state index contributed by atoms with van der Waals surface area (Å²) in [4.78, 5) is 27.8. The zero-order valence-electron chi connectivity index (χ0n) is 15.8. The molecular weight excluding hydrogens is 424 g/mol. The van der Waals surface area contributed by atoms with E-state index in [1.165, 1.54) is 11.4 Å². The molecule has 10 heteroatoms. The van der Waals surface area contributed by atoms with Crippen molar-refractivity contribution in [2.24, 2.45) is 5.92 Å². The van der Waals surface area contributed by atoms with Crippen molar-refractivity contribution in [3.05, 3.63) is 46.2 Å². The second-order valence-electron chi connectivity index (χ2n) is 7.38. The summed E-state index contributed by atoms with van der Waals surface area (Å²) in [6.45, 7) is 0. The van der Waals surface area contributed by atoms with E-state index in [0.29, 0.717) is 12.5 Å². The van der Waals surface area contributed by atoms with Gasteiger partial charge < -0.3 is 10.4 Å². The molecule has 1 atom stereocenters. The van der Waals surface area contributed by atoms with Crippen LogP contribution in [0.5, 0.6) is 0 Å². The van der Waals surface area contributed by atoms with Gasteiger partial charge in [0.15, 0.2) is 5.13 Å². The Balaban J connectivity index is 1.86. The van der Waals surface area contributed by atoms with Crippen LogP contribution in [0.25, 0.3) is 0 Å². The fourth-order valence-electron chi connectivity index (χ4n) is 3.74. The van der Waals surface area contributed by atoms with Crippen molar-refractivity contribution in [2.45, 2.75) is 50.6 Å². The smallest absolute Gasteiger partial charge is 0.419 e. The quantitative estimate of drug-likeness (QED) is 0.573. The van der Waals surface area contributed by atoms with Gasteiger partial charge in [-0.1, -0.05) is 31.7 Å². The SMILES string of the molecule is O=C(O)Cc1csc(NC(=O)C(CC2CCCC2)c2ccc(F)c(C(F)(F)F)c2)n1. The Hall–Kier alpha value is -2.49. The summed E-state index contributed by atoms with van der Waals surface area (Å²) in [5.74, 6) is -3.70. The lowest BCUT2D eigenvalue weighted by molar-refractivity contribution is -0.140. The molecule has 2 N–H and O–H groups in total. The Morgan fingerprint density at radius 3 is 2.60 bits per heavy atom. The lowest BCUT2D eigenvalue weighted by atomic mass is 9.86. The highest BCUT2D eigenvalue weighted by Gasteiger charge is 2.36. The molecule has 162 valence electrons. The molecular formula is C20H20F4N2O3S. The van der Waals surface area contributed by atoms with Crippen LogP contribution in [-0.2, 0) is 22.2 Å². The molecule has 0 radical (unpaired) electrons. The average molecular weight is 444 g/mol. The van der Waals surface area contributed by atoms with Crippen LogP contribution >= 0.6 is 11.3 Å². The van der Waals surface area contributed by atoms with Crippen molar-refractivity contribution >= 4 is 28.3 Å². The van der Waals surface area contributed by atoms with Crippen molar-refractivity contribution < 1.29 is 32.3 Å². The number of alkyl halides is 3. The number of rotatable bonds is 7. The highest BCUT2D eigenvalue weighted by molar-refractivity contribution is 7.13. The average Bonchev–Trinajstić information content (AvgIpc) is 3.31. The van der Waals surface area contributed by atoms with Crippen molar-refractivity contribution in [1.82, 2.24) is 4.98 Å². The molecule has 1 aromatic heterocycles. The second-order valence-corrected chi connectivity index (χ2v) is 8.24. The third-order valence-corrected chi connectivity index (χ3v) is 5.98. The fraction of sp³-hybridized carbons (Fsp3) is 0.450. The van der Waals surface area contributed by atoms with Gasteiger partial charge in [0.25, 0.3) is 0 Å². The lowest BCUT2D eigenvalue weighted by Gasteiger charge is -2.21. The number of carbonyl (C=O) groups excluding carboxylic acids is 1. The number of hydrogen-bond donors (Lipinski definition) is 2. The normalized spacial score (nSPS) is 15.9. The van der Waals surface area contributed by atoms with Crippen LogP contribution in [-0.4, -0.2) is 22.0 Å². The summed E-state index contributed by atoms with van der Waals surface area (Å²) in [5.41, 5.74) is -1.03. The van der Waals surface area contributed by atoms with E-state index < -0.39 is 35.4 Å². The number of aliphatic carboxylic acids is 1. The molecule has 3 rings (SSSR count). The van der Waals surface area contributed by atoms with E-state index in [9.17, 15) is 27.2 Å². The van der Waals surface area contributed by atoms with Crippen LogP contribution in [0.3, 0.4) is 0 Å². The third-order valence-electron chi connectivity index (χ3n) is 5.17. The number of carboxylic acid groups (broad SMARTS) is 1. The summed E-state index contributed by atoms with van der Waals surface area (Å²) in [6, 6.07) is 2.65. The van der Waals surface area contributed by atoms with Gasteiger partial charge in [0.05, 0.1) is 23.6 Å². The van der Waals surface area contributed by atoms with Gasteiger partial charge in [-0.2, -0.15) is 13.2 Å². The molecule has 1 saturated carbocycles. The number of amides is 1. The van der Waals surface area contributed by atoms with Crippen molar-refractivity contribution in [3.8, 4) is 0 Å². The van der Waals surface area contributed by atoms with Crippen LogP contribution in [0.4, 0.5) is 22.7 Å². The van der Waals surface area contributed by atoms with Gasteiger partial charge >= 0.3 is 12.1 Å². The molecule has 1 heterocycles. The Morgan fingerprint density at radius 1 is 1.27 bits per heavy atom. The summed E-state index contributed by atoms with van der Waals surface area (Å²) in [5, 5.41) is 13.1. The van der Waals surface area contributed by atoms with Gasteiger partial charge in [-0.05, 0) is 30.0 Å². The Kier molecular flexibility index (Phi) is 6.74. The maximum absolute atomic E-state index is 13.7. The predicted molar refractivity (Wildman–Crippen MR) is 103 cm³/mol. The topological polar surface area (TPSA) is 79.3 Å². The molecule has 1 aromatic carbocycles. The molecule has 1 unspecified atom stereocenters. The third kappa shape index (κ3) is 5.56.